The minimum absolute atomic E-state index is 0.0898. The van der Waals surface area contributed by atoms with Crippen LogP contribution in [0.2, 0.25) is 0 Å². The van der Waals surface area contributed by atoms with Crippen molar-refractivity contribution in [1.82, 2.24) is 10.2 Å². The second-order valence-corrected chi connectivity index (χ2v) is 7.29. The molecule has 1 N–H and O–H groups in total. The number of aryl methyl sites for hydroxylation is 2. The summed E-state index contributed by atoms with van der Waals surface area (Å²) in [4.78, 5) is 27.1. The zero-order chi connectivity index (χ0) is 21.2. The summed E-state index contributed by atoms with van der Waals surface area (Å²) in [5.41, 5.74) is 3.15. The molecule has 2 aromatic carbocycles. The van der Waals surface area contributed by atoms with E-state index < -0.39 is 6.04 Å². The number of benzene rings is 2. The SMILES string of the molecule is CCCNC(=O)[C@@H](C)N(Cc1ccc(F)cc1)C(=O)CCc1ccc(CC)cc1. The fourth-order valence-corrected chi connectivity index (χ4v) is 3.10. The number of hydrogen-bond donors (Lipinski definition) is 1. The molecule has 0 aliphatic heterocycles. The van der Waals surface area contributed by atoms with Gasteiger partial charge in [0.15, 0.2) is 0 Å². The summed E-state index contributed by atoms with van der Waals surface area (Å²) in [6.45, 7) is 6.68. The summed E-state index contributed by atoms with van der Waals surface area (Å²) in [7, 11) is 0. The summed E-state index contributed by atoms with van der Waals surface area (Å²) in [5, 5.41) is 2.86. The van der Waals surface area contributed by atoms with Crippen LogP contribution in [0.3, 0.4) is 0 Å². The molecule has 2 aromatic rings. The van der Waals surface area contributed by atoms with Crippen LogP contribution in [-0.4, -0.2) is 29.3 Å². The van der Waals surface area contributed by atoms with Crippen molar-refractivity contribution in [3.63, 3.8) is 0 Å². The predicted octanol–water partition coefficient (Wildman–Crippen LogP) is 4.26. The highest BCUT2D eigenvalue weighted by atomic mass is 19.1. The third kappa shape index (κ3) is 7.00. The quantitative estimate of drug-likeness (QED) is 0.650. The number of amides is 2. The van der Waals surface area contributed by atoms with Gasteiger partial charge in [-0.25, -0.2) is 4.39 Å². The summed E-state index contributed by atoms with van der Waals surface area (Å²) < 4.78 is 13.2. The minimum Gasteiger partial charge on any atom is -0.354 e. The van der Waals surface area contributed by atoms with E-state index in [2.05, 4.69) is 24.4 Å². The topological polar surface area (TPSA) is 49.4 Å². The summed E-state index contributed by atoms with van der Waals surface area (Å²) >= 11 is 0. The maximum absolute atomic E-state index is 13.2. The summed E-state index contributed by atoms with van der Waals surface area (Å²) in [6.07, 6.45) is 2.75. The Kier molecular flexibility index (Phi) is 8.84. The fraction of sp³-hybridized carbons (Fsp3) is 0.417. The predicted molar refractivity (Wildman–Crippen MR) is 114 cm³/mol. The van der Waals surface area contributed by atoms with Gasteiger partial charge in [0.2, 0.25) is 11.8 Å². The Labute approximate surface area is 173 Å². The van der Waals surface area contributed by atoms with E-state index in [1.807, 2.05) is 19.1 Å². The first-order valence-corrected chi connectivity index (χ1v) is 10.3. The average molecular weight is 399 g/mol. The lowest BCUT2D eigenvalue weighted by molar-refractivity contribution is -0.140. The van der Waals surface area contributed by atoms with Gasteiger partial charge in [-0.05, 0) is 55.0 Å². The van der Waals surface area contributed by atoms with Crippen molar-refractivity contribution in [3.05, 3.63) is 71.0 Å². The molecule has 0 fully saturated rings. The number of hydrogen-bond acceptors (Lipinski definition) is 2. The van der Waals surface area contributed by atoms with E-state index in [1.54, 1.807) is 24.0 Å². The first-order valence-electron chi connectivity index (χ1n) is 10.3. The van der Waals surface area contributed by atoms with Crippen molar-refractivity contribution in [2.45, 2.75) is 59.0 Å². The molecule has 0 aromatic heterocycles. The van der Waals surface area contributed by atoms with Crippen LogP contribution in [-0.2, 0) is 29.0 Å². The molecule has 0 radical (unpaired) electrons. The monoisotopic (exact) mass is 398 g/mol. The number of rotatable bonds is 10. The molecule has 1 atom stereocenters. The van der Waals surface area contributed by atoms with Gasteiger partial charge in [0.25, 0.3) is 0 Å². The van der Waals surface area contributed by atoms with Gasteiger partial charge in [-0.15, -0.1) is 0 Å². The van der Waals surface area contributed by atoms with Gasteiger partial charge < -0.3 is 10.2 Å². The first kappa shape index (κ1) is 22.6. The number of carbonyl (C=O) groups excluding carboxylic acids is 2. The lowest BCUT2D eigenvalue weighted by atomic mass is 10.0. The van der Waals surface area contributed by atoms with Crippen molar-refractivity contribution in [1.29, 1.82) is 0 Å². The highest BCUT2D eigenvalue weighted by Gasteiger charge is 2.25. The molecule has 0 saturated heterocycles. The second kappa shape index (κ2) is 11.3. The molecule has 0 spiro atoms. The number of nitrogens with one attached hydrogen (secondary N) is 1. The molecule has 0 unspecified atom stereocenters. The number of nitrogens with zero attached hydrogens (tertiary/aromatic N) is 1. The molecule has 2 amide bonds. The Hall–Kier alpha value is -2.69. The van der Waals surface area contributed by atoms with Crippen molar-refractivity contribution in [2.24, 2.45) is 0 Å². The second-order valence-electron chi connectivity index (χ2n) is 7.29. The first-order chi connectivity index (χ1) is 13.9. The van der Waals surface area contributed by atoms with Gasteiger partial charge >= 0.3 is 0 Å². The standard InChI is InChI=1S/C24H31FN2O2/c1-4-16-26-24(29)18(3)27(17-21-10-13-22(25)14-11-21)23(28)15-12-20-8-6-19(5-2)7-9-20/h6-11,13-14,18H,4-5,12,15-17H2,1-3H3,(H,26,29)/t18-/m1/s1. The number of carbonyl (C=O) groups is 2. The normalized spacial score (nSPS) is 11.7. The van der Waals surface area contributed by atoms with Crippen molar-refractivity contribution in [2.75, 3.05) is 6.54 Å². The van der Waals surface area contributed by atoms with E-state index in [9.17, 15) is 14.0 Å². The third-order valence-electron chi connectivity index (χ3n) is 5.04. The zero-order valence-electron chi connectivity index (χ0n) is 17.6. The van der Waals surface area contributed by atoms with Crippen molar-refractivity contribution >= 4 is 11.8 Å². The Morgan fingerprint density at radius 2 is 1.55 bits per heavy atom. The lowest BCUT2D eigenvalue weighted by Gasteiger charge is -2.29. The maximum Gasteiger partial charge on any atom is 0.242 e. The van der Waals surface area contributed by atoms with E-state index >= 15 is 0 Å². The Balaban J connectivity index is 2.09. The molecule has 2 rings (SSSR count). The molecule has 29 heavy (non-hydrogen) atoms. The Morgan fingerprint density at radius 1 is 0.966 bits per heavy atom. The van der Waals surface area contributed by atoms with Crippen LogP contribution < -0.4 is 5.32 Å². The van der Waals surface area contributed by atoms with Gasteiger partial charge in [-0.3, -0.25) is 9.59 Å². The van der Waals surface area contributed by atoms with Crippen molar-refractivity contribution < 1.29 is 14.0 Å². The fourth-order valence-electron chi connectivity index (χ4n) is 3.10. The van der Waals surface area contributed by atoms with Gasteiger partial charge in [0.05, 0.1) is 0 Å². The van der Waals surface area contributed by atoms with Gasteiger partial charge in [0, 0.05) is 19.5 Å². The number of halogens is 1. The van der Waals surface area contributed by atoms with Crippen LogP contribution in [0.1, 0.15) is 50.3 Å². The Bertz CT molecular complexity index is 788. The lowest BCUT2D eigenvalue weighted by Crippen LogP contribution is -2.47. The van der Waals surface area contributed by atoms with Gasteiger partial charge in [-0.2, -0.15) is 0 Å². The highest BCUT2D eigenvalue weighted by Crippen LogP contribution is 2.14. The smallest absolute Gasteiger partial charge is 0.242 e. The van der Waals surface area contributed by atoms with E-state index in [0.29, 0.717) is 19.4 Å². The summed E-state index contributed by atoms with van der Waals surface area (Å²) in [5.74, 6) is -0.585. The van der Waals surface area contributed by atoms with Crippen LogP contribution in [0.15, 0.2) is 48.5 Å². The maximum atomic E-state index is 13.2. The van der Waals surface area contributed by atoms with E-state index in [0.717, 1.165) is 24.0 Å². The van der Waals surface area contributed by atoms with E-state index in [-0.39, 0.29) is 24.2 Å². The minimum atomic E-state index is -0.596. The molecular weight excluding hydrogens is 367 g/mol. The molecule has 0 heterocycles. The van der Waals surface area contributed by atoms with Crippen LogP contribution >= 0.6 is 0 Å². The molecule has 4 nitrogen and oxygen atoms in total. The van der Waals surface area contributed by atoms with Gasteiger partial charge in [0.1, 0.15) is 11.9 Å². The van der Waals surface area contributed by atoms with Crippen LogP contribution in [0.25, 0.3) is 0 Å². The molecule has 0 aliphatic rings. The summed E-state index contributed by atoms with van der Waals surface area (Å²) in [6, 6.07) is 13.7. The molecule has 0 bridgehead atoms. The zero-order valence-corrected chi connectivity index (χ0v) is 17.6. The largest absolute Gasteiger partial charge is 0.354 e. The molecule has 0 saturated carbocycles. The van der Waals surface area contributed by atoms with E-state index in [1.165, 1.54) is 17.7 Å². The van der Waals surface area contributed by atoms with Crippen LogP contribution in [0, 0.1) is 5.82 Å². The highest BCUT2D eigenvalue weighted by molar-refractivity contribution is 5.87. The van der Waals surface area contributed by atoms with Crippen LogP contribution in [0.5, 0.6) is 0 Å². The molecule has 0 aliphatic carbocycles. The average Bonchev–Trinajstić information content (AvgIpc) is 2.75. The van der Waals surface area contributed by atoms with Crippen molar-refractivity contribution in [3.8, 4) is 0 Å². The molecule has 5 heteroatoms. The van der Waals surface area contributed by atoms with Crippen LogP contribution in [0.4, 0.5) is 4.39 Å². The molecular formula is C24H31FN2O2. The van der Waals surface area contributed by atoms with E-state index in [4.69, 9.17) is 0 Å². The molecule has 156 valence electrons. The van der Waals surface area contributed by atoms with Gasteiger partial charge in [-0.1, -0.05) is 50.2 Å². The Morgan fingerprint density at radius 3 is 2.14 bits per heavy atom. The third-order valence-corrected chi connectivity index (χ3v) is 5.04.